The molecular formula is C22H32N6O4S. The number of hydrogen-bond donors (Lipinski definition) is 3. The predicted octanol–water partition coefficient (Wildman–Crippen LogP) is 3.22. The number of carboxylic acid groups (broad SMARTS) is 1. The number of nitrogens with two attached hydrogens (primary N) is 1. The van der Waals surface area contributed by atoms with E-state index in [1.165, 1.54) is 12.1 Å². The normalized spacial score (nSPS) is 11.6. The Bertz CT molecular complexity index is 1070. The highest BCUT2D eigenvalue weighted by molar-refractivity contribution is 7.89. The molecular weight excluding hydrogens is 444 g/mol. The minimum absolute atomic E-state index is 0.112. The third kappa shape index (κ3) is 9.87. The van der Waals surface area contributed by atoms with Gasteiger partial charge >= 0.3 is 5.97 Å². The summed E-state index contributed by atoms with van der Waals surface area (Å²) in [6.07, 6.45) is 2.72. The first kappa shape index (κ1) is 27.9. The Labute approximate surface area is 194 Å². The largest absolute Gasteiger partial charge is 0.481 e. The lowest BCUT2D eigenvalue weighted by Gasteiger charge is -2.11. The number of carbonyl (C=O) groups is 1. The number of aromatic amines is 1. The van der Waals surface area contributed by atoms with Crippen LogP contribution in [0.15, 0.2) is 47.5 Å². The van der Waals surface area contributed by atoms with E-state index in [1.54, 1.807) is 18.3 Å². The van der Waals surface area contributed by atoms with Crippen LogP contribution in [-0.2, 0) is 21.2 Å². The van der Waals surface area contributed by atoms with Crippen molar-refractivity contribution in [1.82, 2.24) is 25.6 Å². The molecule has 0 radical (unpaired) electrons. The van der Waals surface area contributed by atoms with Crippen LogP contribution in [0.1, 0.15) is 45.6 Å². The van der Waals surface area contributed by atoms with Gasteiger partial charge in [-0.2, -0.15) is 5.21 Å². The van der Waals surface area contributed by atoms with Gasteiger partial charge in [-0.15, -0.1) is 10.2 Å². The van der Waals surface area contributed by atoms with E-state index in [2.05, 4.69) is 25.6 Å². The first-order valence-electron chi connectivity index (χ1n) is 10.6. The SMILES string of the molecule is CC.CC(C)C[C@@H](Cc1nn[nH]n1)C(=O)O.Cc1ccc(-c2ccc(S(N)(=O)=O)cc2)cn1. The van der Waals surface area contributed by atoms with E-state index in [-0.39, 0.29) is 4.90 Å². The summed E-state index contributed by atoms with van der Waals surface area (Å²) in [6.45, 7) is 9.90. The van der Waals surface area contributed by atoms with E-state index in [4.69, 9.17) is 10.2 Å². The number of aromatic nitrogens is 5. The van der Waals surface area contributed by atoms with Gasteiger partial charge in [0.1, 0.15) is 0 Å². The molecule has 11 heteroatoms. The molecule has 0 amide bonds. The van der Waals surface area contributed by atoms with Crippen molar-refractivity contribution in [2.45, 2.75) is 52.4 Å². The summed E-state index contributed by atoms with van der Waals surface area (Å²) in [5.41, 5.74) is 2.79. The number of aryl methyl sites for hydroxylation is 1. The predicted molar refractivity (Wildman–Crippen MR) is 126 cm³/mol. The van der Waals surface area contributed by atoms with Gasteiger partial charge in [-0.1, -0.05) is 51.1 Å². The maximum atomic E-state index is 11.1. The summed E-state index contributed by atoms with van der Waals surface area (Å²) < 4.78 is 22.2. The number of nitrogens with zero attached hydrogens (tertiary/aromatic N) is 4. The van der Waals surface area contributed by atoms with E-state index in [9.17, 15) is 13.2 Å². The number of benzene rings is 1. The molecule has 3 aromatic rings. The van der Waals surface area contributed by atoms with Gasteiger partial charge in [-0.3, -0.25) is 9.78 Å². The fraction of sp³-hybridized carbons (Fsp3) is 0.409. The quantitative estimate of drug-likeness (QED) is 0.467. The van der Waals surface area contributed by atoms with Crippen LogP contribution in [0, 0.1) is 18.8 Å². The van der Waals surface area contributed by atoms with Crippen molar-refractivity contribution < 1.29 is 18.3 Å². The van der Waals surface area contributed by atoms with Gasteiger partial charge in [-0.25, -0.2) is 13.6 Å². The molecule has 0 aliphatic rings. The molecule has 0 spiro atoms. The van der Waals surface area contributed by atoms with Crippen LogP contribution in [0.25, 0.3) is 11.1 Å². The molecule has 4 N–H and O–H groups in total. The summed E-state index contributed by atoms with van der Waals surface area (Å²) in [6, 6.07) is 10.3. The maximum absolute atomic E-state index is 11.1. The van der Waals surface area contributed by atoms with E-state index >= 15 is 0 Å². The molecule has 1 atom stereocenters. The van der Waals surface area contributed by atoms with E-state index in [0.29, 0.717) is 24.6 Å². The molecule has 0 aliphatic heterocycles. The molecule has 0 aliphatic carbocycles. The molecule has 0 bridgehead atoms. The average Bonchev–Trinajstić information content (AvgIpc) is 3.28. The highest BCUT2D eigenvalue weighted by Gasteiger charge is 2.21. The molecule has 3 rings (SSSR count). The second-order valence-electron chi connectivity index (χ2n) is 7.45. The van der Waals surface area contributed by atoms with Crippen LogP contribution in [0.3, 0.4) is 0 Å². The van der Waals surface area contributed by atoms with Crippen LogP contribution in [0.5, 0.6) is 0 Å². The monoisotopic (exact) mass is 476 g/mol. The highest BCUT2D eigenvalue weighted by Crippen LogP contribution is 2.20. The molecule has 0 saturated heterocycles. The molecule has 10 nitrogen and oxygen atoms in total. The maximum Gasteiger partial charge on any atom is 0.306 e. The van der Waals surface area contributed by atoms with Crippen molar-refractivity contribution in [3.63, 3.8) is 0 Å². The number of aliphatic carboxylic acids is 1. The number of pyridine rings is 1. The van der Waals surface area contributed by atoms with Crippen molar-refractivity contribution >= 4 is 16.0 Å². The van der Waals surface area contributed by atoms with Crippen molar-refractivity contribution in [3.8, 4) is 11.1 Å². The lowest BCUT2D eigenvalue weighted by molar-refractivity contribution is -0.142. The topological polar surface area (TPSA) is 165 Å². The van der Waals surface area contributed by atoms with Crippen molar-refractivity contribution in [2.24, 2.45) is 17.0 Å². The summed E-state index contributed by atoms with van der Waals surface area (Å²) in [5.74, 6) is -0.419. The van der Waals surface area contributed by atoms with Crippen LogP contribution >= 0.6 is 0 Å². The molecule has 1 aromatic carbocycles. The number of sulfonamides is 1. The number of nitrogens with one attached hydrogen (secondary N) is 1. The van der Waals surface area contributed by atoms with E-state index in [0.717, 1.165) is 16.8 Å². The molecule has 2 heterocycles. The molecule has 180 valence electrons. The molecule has 0 unspecified atom stereocenters. The summed E-state index contributed by atoms with van der Waals surface area (Å²) in [7, 11) is -3.62. The van der Waals surface area contributed by atoms with Crippen molar-refractivity contribution in [2.75, 3.05) is 0 Å². The Balaban J connectivity index is 0.000000313. The number of carboxylic acids is 1. The van der Waals surface area contributed by atoms with Crippen LogP contribution < -0.4 is 5.14 Å². The lowest BCUT2D eigenvalue weighted by Crippen LogP contribution is -2.19. The first-order chi connectivity index (χ1) is 15.6. The first-order valence-corrected chi connectivity index (χ1v) is 12.1. The Morgan fingerprint density at radius 3 is 2.12 bits per heavy atom. The highest BCUT2D eigenvalue weighted by atomic mass is 32.2. The zero-order valence-electron chi connectivity index (χ0n) is 19.6. The van der Waals surface area contributed by atoms with Crippen molar-refractivity contribution in [3.05, 3.63) is 54.1 Å². The Morgan fingerprint density at radius 1 is 1.09 bits per heavy atom. The van der Waals surface area contributed by atoms with Crippen molar-refractivity contribution in [1.29, 1.82) is 0 Å². The Hall–Kier alpha value is -3.18. The van der Waals surface area contributed by atoms with Gasteiger partial charge in [0.05, 0.1) is 10.8 Å². The van der Waals surface area contributed by atoms with Gasteiger partial charge < -0.3 is 5.11 Å². The molecule has 2 aromatic heterocycles. The number of rotatable bonds is 7. The van der Waals surface area contributed by atoms with Gasteiger partial charge in [0.15, 0.2) is 5.82 Å². The summed E-state index contributed by atoms with van der Waals surface area (Å²) >= 11 is 0. The van der Waals surface area contributed by atoms with Crippen LogP contribution in [0.4, 0.5) is 0 Å². The van der Waals surface area contributed by atoms with Gasteiger partial charge in [0, 0.05) is 23.9 Å². The molecule has 0 saturated carbocycles. The molecule has 33 heavy (non-hydrogen) atoms. The standard InChI is InChI=1S/C12H12N2O2S.C8H14N4O2.C2H6/c1-9-2-3-11(8-14-9)10-4-6-12(7-5-10)17(13,15)16;1-5(2)3-6(8(13)14)4-7-9-11-12-10-7;1-2/h2-8H,1H3,(H2,13,15,16);5-6H,3-4H2,1-2H3,(H,13,14)(H,9,10,11,12);1-2H3/t;6-;/m.0./s1. The minimum atomic E-state index is -3.62. The van der Waals surface area contributed by atoms with Gasteiger partial charge in [0.25, 0.3) is 0 Å². The second-order valence-corrected chi connectivity index (χ2v) is 9.02. The lowest BCUT2D eigenvalue weighted by atomic mass is 9.94. The number of primary sulfonamides is 1. The number of hydrogen-bond acceptors (Lipinski definition) is 7. The van der Waals surface area contributed by atoms with Crippen LogP contribution in [0.2, 0.25) is 0 Å². The zero-order valence-corrected chi connectivity index (χ0v) is 20.4. The second kappa shape index (κ2) is 13.4. The van der Waals surface area contributed by atoms with E-state index in [1.807, 2.05) is 46.8 Å². The number of H-pyrrole nitrogens is 1. The third-order valence-electron chi connectivity index (χ3n) is 4.35. The third-order valence-corrected chi connectivity index (χ3v) is 5.28. The fourth-order valence-electron chi connectivity index (χ4n) is 2.81. The Morgan fingerprint density at radius 2 is 1.70 bits per heavy atom. The summed E-state index contributed by atoms with van der Waals surface area (Å²) in [4.78, 5) is 15.2. The fourth-order valence-corrected chi connectivity index (χ4v) is 3.32. The van der Waals surface area contributed by atoms with Gasteiger partial charge in [0.2, 0.25) is 10.0 Å². The van der Waals surface area contributed by atoms with Gasteiger partial charge in [-0.05, 0) is 43.0 Å². The minimum Gasteiger partial charge on any atom is -0.481 e. The number of tetrazole rings is 1. The average molecular weight is 477 g/mol. The molecule has 0 fully saturated rings. The van der Waals surface area contributed by atoms with E-state index < -0.39 is 21.9 Å². The smallest absolute Gasteiger partial charge is 0.306 e. The van der Waals surface area contributed by atoms with Crippen LogP contribution in [-0.4, -0.2) is 45.1 Å². The summed E-state index contributed by atoms with van der Waals surface area (Å²) in [5, 5.41) is 27.1. The Kier molecular flexibility index (Phi) is 11.3. The zero-order chi connectivity index (χ0) is 25.0.